The van der Waals surface area contributed by atoms with Gasteiger partial charge in [-0.3, -0.25) is 9.59 Å². The number of carbonyl (C=O) groups excluding carboxylic acids is 2. The second-order valence-electron chi connectivity index (χ2n) is 7.21. The predicted octanol–water partition coefficient (Wildman–Crippen LogP) is 1.22. The summed E-state index contributed by atoms with van der Waals surface area (Å²) in [5.74, 6) is -0.367. The van der Waals surface area contributed by atoms with Gasteiger partial charge in [0, 0.05) is 37.5 Å². The van der Waals surface area contributed by atoms with E-state index in [2.05, 4.69) is 10.4 Å². The van der Waals surface area contributed by atoms with Crippen molar-refractivity contribution in [2.75, 3.05) is 18.2 Å². The third-order valence-electron chi connectivity index (χ3n) is 5.84. The van der Waals surface area contributed by atoms with Crippen molar-refractivity contribution < 1.29 is 19.4 Å². The van der Waals surface area contributed by atoms with Crippen LogP contribution in [0.4, 0.5) is 5.69 Å². The Balaban J connectivity index is 1.48. The number of anilines is 1. The van der Waals surface area contributed by atoms with Crippen molar-refractivity contribution in [2.45, 2.75) is 44.2 Å². The van der Waals surface area contributed by atoms with Crippen molar-refractivity contribution in [3.8, 4) is 0 Å². The molecule has 0 aromatic heterocycles. The summed E-state index contributed by atoms with van der Waals surface area (Å²) in [6, 6.07) is 9.04. The number of hydrogen-bond donors (Lipinski definition) is 2. The van der Waals surface area contributed by atoms with E-state index in [1.54, 1.807) is 12.1 Å². The van der Waals surface area contributed by atoms with Crippen LogP contribution in [0.15, 0.2) is 35.4 Å². The molecule has 138 valence electrons. The number of ether oxygens (including phenoxy) is 1. The van der Waals surface area contributed by atoms with Gasteiger partial charge in [0.2, 0.25) is 5.91 Å². The highest BCUT2D eigenvalue weighted by atomic mass is 16.5. The number of nitrogens with one attached hydrogen (secondary N) is 1. The molecule has 1 aliphatic carbocycles. The van der Waals surface area contributed by atoms with Gasteiger partial charge in [0.05, 0.1) is 11.8 Å². The highest BCUT2D eigenvalue weighted by Crippen LogP contribution is 2.48. The third kappa shape index (κ3) is 2.91. The second-order valence-corrected chi connectivity index (χ2v) is 7.21. The molecule has 2 N–H and O–H groups in total. The number of hydrogen-bond acceptors (Lipinski definition) is 5. The number of rotatable bonds is 3. The van der Waals surface area contributed by atoms with E-state index in [1.165, 1.54) is 5.01 Å². The molecule has 3 aliphatic rings. The van der Waals surface area contributed by atoms with Crippen molar-refractivity contribution in [1.29, 1.82) is 0 Å². The molecule has 0 radical (unpaired) electrons. The molecule has 2 heterocycles. The Morgan fingerprint density at radius 2 is 1.96 bits per heavy atom. The first kappa shape index (κ1) is 17.2. The van der Waals surface area contributed by atoms with Crippen molar-refractivity contribution in [3.05, 3.63) is 30.3 Å². The summed E-state index contributed by atoms with van der Waals surface area (Å²) < 4.78 is 5.40. The summed E-state index contributed by atoms with van der Waals surface area (Å²) in [5.41, 5.74) is 0.734. The van der Waals surface area contributed by atoms with Crippen LogP contribution in [0.5, 0.6) is 0 Å². The van der Waals surface area contributed by atoms with Crippen LogP contribution in [0.25, 0.3) is 0 Å². The zero-order valence-corrected chi connectivity index (χ0v) is 14.6. The number of aliphatic hydroxyl groups excluding tert-OH is 1. The maximum Gasteiger partial charge on any atom is 0.267 e. The zero-order chi connectivity index (χ0) is 18.1. The first-order valence-electron chi connectivity index (χ1n) is 9.12. The quantitative estimate of drug-likeness (QED) is 0.851. The number of nitrogens with zero attached hydrogens (tertiary/aromatic N) is 2. The standard InChI is InChI=1S/C19H23N3O4/c23-16-12-15(19(16)8-10-26-11-9-19)20-18(25)14-6-7-17(24)22(21-14)13-4-2-1-3-5-13/h1-5,15-16,23H,6-12H2,(H,20,25)/t15-,16-/m1/s1. The fourth-order valence-corrected chi connectivity index (χ4v) is 4.13. The highest BCUT2D eigenvalue weighted by molar-refractivity contribution is 6.40. The van der Waals surface area contributed by atoms with E-state index in [1.807, 2.05) is 18.2 Å². The minimum Gasteiger partial charge on any atom is -0.392 e. The average Bonchev–Trinajstić information content (AvgIpc) is 2.69. The summed E-state index contributed by atoms with van der Waals surface area (Å²) in [6.45, 7) is 1.22. The van der Waals surface area contributed by atoms with Crippen LogP contribution in [0.1, 0.15) is 32.1 Å². The van der Waals surface area contributed by atoms with Gasteiger partial charge in [-0.15, -0.1) is 0 Å². The normalized spacial score (nSPS) is 27.7. The maximum atomic E-state index is 12.7. The van der Waals surface area contributed by atoms with Crippen LogP contribution in [-0.2, 0) is 14.3 Å². The second kappa shape index (κ2) is 6.81. The first-order valence-corrected chi connectivity index (χ1v) is 9.12. The number of carbonyl (C=O) groups is 2. The van der Waals surface area contributed by atoms with Crippen LogP contribution >= 0.6 is 0 Å². The SMILES string of the molecule is O=C(N[C@@H]1C[C@@H](O)C12CCOCC2)C1=NN(c2ccccc2)C(=O)CC1. The molecule has 7 heteroatoms. The number of benzene rings is 1. The molecule has 1 saturated carbocycles. The molecule has 2 fully saturated rings. The van der Waals surface area contributed by atoms with Gasteiger partial charge in [0.15, 0.2) is 0 Å². The number of para-hydroxylation sites is 1. The third-order valence-corrected chi connectivity index (χ3v) is 5.84. The Bertz CT molecular complexity index is 728. The van der Waals surface area contributed by atoms with E-state index in [0.29, 0.717) is 37.5 Å². The van der Waals surface area contributed by atoms with E-state index < -0.39 is 6.10 Å². The van der Waals surface area contributed by atoms with Gasteiger partial charge in [-0.2, -0.15) is 5.10 Å². The monoisotopic (exact) mass is 357 g/mol. The van der Waals surface area contributed by atoms with E-state index in [4.69, 9.17) is 4.74 Å². The Labute approximate surface area is 152 Å². The largest absolute Gasteiger partial charge is 0.392 e. The van der Waals surface area contributed by atoms with Crippen LogP contribution in [0, 0.1) is 5.41 Å². The fourth-order valence-electron chi connectivity index (χ4n) is 4.13. The molecule has 7 nitrogen and oxygen atoms in total. The van der Waals surface area contributed by atoms with Crippen molar-refractivity contribution >= 4 is 23.2 Å². The zero-order valence-electron chi connectivity index (χ0n) is 14.6. The van der Waals surface area contributed by atoms with Crippen LogP contribution in [0.2, 0.25) is 0 Å². The molecule has 0 bridgehead atoms. The minimum absolute atomic E-state index is 0.0700. The van der Waals surface area contributed by atoms with Crippen LogP contribution < -0.4 is 10.3 Å². The maximum absolute atomic E-state index is 12.7. The molecular weight excluding hydrogens is 334 g/mol. The number of amides is 2. The molecule has 2 aliphatic heterocycles. The minimum atomic E-state index is -0.396. The van der Waals surface area contributed by atoms with Crippen molar-refractivity contribution in [3.63, 3.8) is 0 Å². The van der Waals surface area contributed by atoms with Gasteiger partial charge >= 0.3 is 0 Å². The molecule has 1 aromatic carbocycles. The summed E-state index contributed by atoms with van der Waals surface area (Å²) in [7, 11) is 0. The Morgan fingerprint density at radius 3 is 2.65 bits per heavy atom. The van der Waals surface area contributed by atoms with Gasteiger partial charge < -0.3 is 15.2 Å². The van der Waals surface area contributed by atoms with Gasteiger partial charge in [0.1, 0.15) is 5.71 Å². The summed E-state index contributed by atoms with van der Waals surface area (Å²) in [4.78, 5) is 24.9. The molecule has 1 spiro atoms. The molecule has 2 amide bonds. The van der Waals surface area contributed by atoms with Gasteiger partial charge in [0.25, 0.3) is 5.91 Å². The summed E-state index contributed by atoms with van der Waals surface area (Å²) >= 11 is 0. The van der Waals surface area contributed by atoms with Gasteiger partial charge in [-0.05, 0) is 31.4 Å². The van der Waals surface area contributed by atoms with Crippen molar-refractivity contribution in [2.24, 2.45) is 10.5 Å². The predicted molar refractivity (Wildman–Crippen MR) is 95.6 cm³/mol. The molecule has 0 unspecified atom stereocenters. The van der Waals surface area contributed by atoms with E-state index in [9.17, 15) is 14.7 Å². The van der Waals surface area contributed by atoms with Gasteiger partial charge in [-0.25, -0.2) is 5.01 Å². The average molecular weight is 357 g/mol. The molecule has 26 heavy (non-hydrogen) atoms. The lowest BCUT2D eigenvalue weighted by molar-refractivity contribution is -0.153. The lowest BCUT2D eigenvalue weighted by Gasteiger charge is -2.55. The van der Waals surface area contributed by atoms with Crippen LogP contribution in [0.3, 0.4) is 0 Å². The molecule has 4 rings (SSSR count). The van der Waals surface area contributed by atoms with Gasteiger partial charge in [-0.1, -0.05) is 18.2 Å². The molecule has 1 saturated heterocycles. The number of hydrazone groups is 1. The fraction of sp³-hybridized carbons (Fsp3) is 0.526. The topological polar surface area (TPSA) is 91.2 Å². The Kier molecular flexibility index (Phi) is 4.50. The smallest absolute Gasteiger partial charge is 0.267 e. The highest BCUT2D eigenvalue weighted by Gasteiger charge is 2.55. The van der Waals surface area contributed by atoms with E-state index in [-0.39, 0.29) is 29.7 Å². The van der Waals surface area contributed by atoms with Crippen LogP contribution in [-0.4, -0.2) is 48.0 Å². The molecule has 1 aromatic rings. The lowest BCUT2D eigenvalue weighted by atomic mass is 9.58. The number of aliphatic hydroxyl groups is 1. The molecular formula is C19H23N3O4. The Hall–Kier alpha value is -2.25. The van der Waals surface area contributed by atoms with E-state index >= 15 is 0 Å². The molecule has 2 atom stereocenters. The van der Waals surface area contributed by atoms with E-state index in [0.717, 1.165) is 12.8 Å². The first-order chi connectivity index (χ1) is 12.6. The summed E-state index contributed by atoms with van der Waals surface area (Å²) in [5, 5.41) is 18.9. The lowest BCUT2D eigenvalue weighted by Crippen LogP contribution is -2.66. The summed E-state index contributed by atoms with van der Waals surface area (Å²) in [6.07, 6.45) is 2.25. The Morgan fingerprint density at radius 1 is 1.23 bits per heavy atom. The van der Waals surface area contributed by atoms with Crippen molar-refractivity contribution in [1.82, 2.24) is 5.32 Å².